The van der Waals surface area contributed by atoms with Crippen LogP contribution in [0.15, 0.2) is 54.6 Å². The predicted molar refractivity (Wildman–Crippen MR) is 135 cm³/mol. The van der Waals surface area contributed by atoms with Gasteiger partial charge in [0.2, 0.25) is 0 Å². The van der Waals surface area contributed by atoms with Crippen LogP contribution in [-0.2, 0) is 4.79 Å². The largest absolute Gasteiger partial charge is 0.351 e. The lowest BCUT2D eigenvalue weighted by atomic mass is 10.0. The molecule has 2 aliphatic heterocycles. The third kappa shape index (κ3) is 5.88. The third-order valence-corrected chi connectivity index (χ3v) is 7.00. The van der Waals surface area contributed by atoms with Gasteiger partial charge in [-0.25, -0.2) is 9.80 Å². The van der Waals surface area contributed by atoms with Crippen LogP contribution in [0.4, 0.5) is 10.5 Å². The summed E-state index contributed by atoms with van der Waals surface area (Å²) >= 11 is 6.03. The number of nitrogens with one attached hydrogen (secondary N) is 1. The Balaban J connectivity index is 1.47. The average molecular weight is 485 g/mol. The van der Waals surface area contributed by atoms with Gasteiger partial charge in [-0.15, -0.1) is 0 Å². The summed E-state index contributed by atoms with van der Waals surface area (Å²) < 4.78 is 0. The molecule has 2 saturated heterocycles. The van der Waals surface area contributed by atoms with Crippen molar-refractivity contribution in [2.75, 3.05) is 51.2 Å². The Morgan fingerprint density at radius 3 is 2.18 bits per heavy atom. The molecule has 8 nitrogen and oxygen atoms in total. The van der Waals surface area contributed by atoms with E-state index in [4.69, 9.17) is 17.3 Å². The number of hydrazine groups is 1. The van der Waals surface area contributed by atoms with Crippen LogP contribution in [0.1, 0.15) is 24.4 Å². The zero-order valence-electron chi connectivity index (χ0n) is 19.6. The molecule has 2 aliphatic rings. The number of carbonyl (C=O) groups excluding carboxylic acids is 2. The first-order valence-electron chi connectivity index (χ1n) is 11.8. The van der Waals surface area contributed by atoms with E-state index in [1.807, 2.05) is 35.3 Å². The molecule has 2 heterocycles. The minimum atomic E-state index is -0.910. The lowest BCUT2D eigenvalue weighted by molar-refractivity contribution is -0.128. The number of piperidine rings is 1. The SMILES string of the molecule is CN1CCC(N2CCN(NC(=O)C(c3ccccc3)N(C(N)=O)c3ccc(Cl)cc3)CC2)CC1. The number of anilines is 1. The van der Waals surface area contributed by atoms with Crippen LogP contribution in [0.2, 0.25) is 5.02 Å². The molecule has 1 atom stereocenters. The van der Waals surface area contributed by atoms with Gasteiger partial charge in [0.05, 0.1) is 0 Å². The van der Waals surface area contributed by atoms with Gasteiger partial charge in [0.1, 0.15) is 6.04 Å². The molecule has 1 unspecified atom stereocenters. The summed E-state index contributed by atoms with van der Waals surface area (Å²) in [7, 11) is 2.17. The molecular weight excluding hydrogens is 452 g/mol. The zero-order valence-corrected chi connectivity index (χ0v) is 20.3. The van der Waals surface area contributed by atoms with Gasteiger partial charge in [-0.2, -0.15) is 0 Å². The molecule has 182 valence electrons. The smallest absolute Gasteiger partial charge is 0.320 e. The molecule has 2 aromatic carbocycles. The molecule has 34 heavy (non-hydrogen) atoms. The number of nitrogens with two attached hydrogens (primary N) is 1. The predicted octanol–water partition coefficient (Wildman–Crippen LogP) is 2.71. The first kappa shape index (κ1) is 24.5. The molecule has 0 bridgehead atoms. The lowest BCUT2D eigenvalue weighted by Crippen LogP contribution is -2.58. The molecule has 0 spiro atoms. The highest BCUT2D eigenvalue weighted by Crippen LogP contribution is 2.29. The van der Waals surface area contributed by atoms with Crippen molar-refractivity contribution in [3.8, 4) is 0 Å². The molecule has 0 aromatic heterocycles. The maximum atomic E-state index is 13.6. The van der Waals surface area contributed by atoms with Crippen molar-refractivity contribution in [2.45, 2.75) is 24.9 Å². The number of rotatable bonds is 6. The molecule has 0 aliphatic carbocycles. The summed E-state index contributed by atoms with van der Waals surface area (Å²) in [4.78, 5) is 32.3. The van der Waals surface area contributed by atoms with E-state index in [9.17, 15) is 9.59 Å². The van der Waals surface area contributed by atoms with E-state index >= 15 is 0 Å². The van der Waals surface area contributed by atoms with Crippen molar-refractivity contribution in [1.82, 2.24) is 20.2 Å². The summed E-state index contributed by atoms with van der Waals surface area (Å²) in [6, 6.07) is 14.9. The van der Waals surface area contributed by atoms with Gasteiger partial charge >= 0.3 is 6.03 Å². The number of nitrogens with zero attached hydrogens (tertiary/aromatic N) is 4. The maximum absolute atomic E-state index is 13.6. The summed E-state index contributed by atoms with van der Waals surface area (Å²) in [6.45, 7) is 5.54. The van der Waals surface area contributed by atoms with E-state index in [1.165, 1.54) is 17.7 Å². The fraction of sp³-hybridized carbons (Fsp3) is 0.440. The van der Waals surface area contributed by atoms with Crippen LogP contribution in [0.3, 0.4) is 0 Å². The zero-order chi connectivity index (χ0) is 24.1. The first-order chi connectivity index (χ1) is 16.4. The van der Waals surface area contributed by atoms with Gasteiger partial charge in [-0.05, 0) is 62.8 Å². The maximum Gasteiger partial charge on any atom is 0.320 e. The Labute approximate surface area is 206 Å². The lowest BCUT2D eigenvalue weighted by Gasteiger charge is -2.42. The Kier molecular flexibility index (Phi) is 8.05. The second-order valence-electron chi connectivity index (χ2n) is 9.03. The molecule has 4 rings (SSSR count). The number of piperazine rings is 1. The van der Waals surface area contributed by atoms with Crippen molar-refractivity contribution in [1.29, 1.82) is 0 Å². The van der Waals surface area contributed by atoms with Crippen LogP contribution in [0, 0.1) is 0 Å². The summed E-state index contributed by atoms with van der Waals surface area (Å²) in [5, 5.41) is 2.49. The van der Waals surface area contributed by atoms with E-state index in [0.29, 0.717) is 22.3 Å². The summed E-state index contributed by atoms with van der Waals surface area (Å²) in [6.07, 6.45) is 2.38. The van der Waals surface area contributed by atoms with E-state index in [-0.39, 0.29) is 5.91 Å². The number of benzene rings is 2. The third-order valence-electron chi connectivity index (χ3n) is 6.75. The van der Waals surface area contributed by atoms with Gasteiger partial charge < -0.3 is 10.6 Å². The Bertz CT molecular complexity index is 957. The van der Waals surface area contributed by atoms with Crippen molar-refractivity contribution in [2.24, 2.45) is 5.73 Å². The van der Waals surface area contributed by atoms with Gasteiger partial charge in [-0.3, -0.25) is 20.0 Å². The molecule has 2 aromatic rings. The van der Waals surface area contributed by atoms with Crippen molar-refractivity contribution in [3.05, 3.63) is 65.2 Å². The molecular formula is C25H33ClN6O2. The number of urea groups is 1. The standard InChI is InChI=1S/C25H33ClN6O2/c1-29-13-11-21(12-14-29)30-15-17-31(18-16-30)28-24(33)23(19-5-3-2-4-6-19)32(25(27)34)22-9-7-20(26)8-10-22/h2-10,21,23H,11-18H2,1H3,(H2,27,34)(H,28,33). The molecule has 3 amide bonds. The minimum Gasteiger partial charge on any atom is -0.351 e. The van der Waals surface area contributed by atoms with E-state index in [0.717, 1.165) is 39.3 Å². The topological polar surface area (TPSA) is 85.2 Å². The van der Waals surface area contributed by atoms with Gasteiger partial charge in [0.15, 0.2) is 0 Å². The normalized spacial score (nSPS) is 19.5. The van der Waals surface area contributed by atoms with Crippen LogP contribution >= 0.6 is 11.6 Å². The first-order valence-corrected chi connectivity index (χ1v) is 12.2. The number of hydrogen-bond acceptors (Lipinski definition) is 5. The molecule has 2 fully saturated rings. The number of primary amides is 1. The van der Waals surface area contributed by atoms with Crippen molar-refractivity contribution < 1.29 is 9.59 Å². The fourth-order valence-corrected chi connectivity index (χ4v) is 4.96. The summed E-state index contributed by atoms with van der Waals surface area (Å²) in [5.41, 5.74) is 10.0. The Morgan fingerprint density at radius 2 is 1.59 bits per heavy atom. The molecule has 0 radical (unpaired) electrons. The molecule has 3 N–H and O–H groups in total. The van der Waals surface area contributed by atoms with Gasteiger partial charge in [0, 0.05) is 42.9 Å². The highest BCUT2D eigenvalue weighted by atomic mass is 35.5. The second kappa shape index (κ2) is 11.2. The highest BCUT2D eigenvalue weighted by molar-refractivity contribution is 6.30. The average Bonchev–Trinajstić information content (AvgIpc) is 2.84. The van der Waals surface area contributed by atoms with E-state index < -0.39 is 12.1 Å². The van der Waals surface area contributed by atoms with Crippen molar-refractivity contribution in [3.63, 3.8) is 0 Å². The number of hydrogen-bond donors (Lipinski definition) is 2. The number of halogens is 1. The van der Waals surface area contributed by atoms with E-state index in [2.05, 4.69) is 22.3 Å². The fourth-order valence-electron chi connectivity index (χ4n) is 4.83. The summed E-state index contributed by atoms with van der Waals surface area (Å²) in [5.74, 6) is -0.298. The van der Waals surface area contributed by atoms with Crippen LogP contribution in [0.5, 0.6) is 0 Å². The number of carbonyl (C=O) groups is 2. The van der Waals surface area contributed by atoms with Gasteiger partial charge in [-0.1, -0.05) is 41.9 Å². The molecule has 0 saturated carbocycles. The van der Waals surface area contributed by atoms with Crippen molar-refractivity contribution >= 4 is 29.2 Å². The Morgan fingerprint density at radius 1 is 0.971 bits per heavy atom. The molecule has 9 heteroatoms. The number of likely N-dealkylation sites (tertiary alicyclic amines) is 1. The van der Waals surface area contributed by atoms with Crippen LogP contribution < -0.4 is 16.1 Å². The second-order valence-corrected chi connectivity index (χ2v) is 9.47. The van der Waals surface area contributed by atoms with Crippen LogP contribution in [-0.4, -0.2) is 79.1 Å². The number of amides is 3. The minimum absolute atomic E-state index is 0.298. The van der Waals surface area contributed by atoms with Crippen LogP contribution in [0.25, 0.3) is 0 Å². The van der Waals surface area contributed by atoms with E-state index in [1.54, 1.807) is 24.3 Å². The van der Waals surface area contributed by atoms with Gasteiger partial charge in [0.25, 0.3) is 5.91 Å². The Hall–Kier alpha value is -2.65. The quantitative estimate of drug-likeness (QED) is 0.658. The monoisotopic (exact) mass is 484 g/mol. The highest BCUT2D eigenvalue weighted by Gasteiger charge is 2.34.